The van der Waals surface area contributed by atoms with Gasteiger partial charge in [0.25, 0.3) is 5.91 Å². The van der Waals surface area contributed by atoms with Crippen LogP contribution in [0.3, 0.4) is 0 Å². The molecule has 0 atom stereocenters. The number of amides is 1. The van der Waals surface area contributed by atoms with E-state index in [1.807, 2.05) is 24.3 Å². The Labute approximate surface area is 174 Å². The summed E-state index contributed by atoms with van der Waals surface area (Å²) in [6.45, 7) is 2.83. The smallest absolute Gasteiger partial charge is 0.359 e. The number of carbonyl (C=O) groups excluding carboxylic acids is 2. The minimum Gasteiger partial charge on any atom is -0.497 e. The van der Waals surface area contributed by atoms with Crippen LogP contribution in [0, 0.1) is 0 Å². The minimum absolute atomic E-state index is 0.223. The zero-order valence-corrected chi connectivity index (χ0v) is 17.2. The fourth-order valence-corrected chi connectivity index (χ4v) is 3.65. The van der Waals surface area contributed by atoms with E-state index in [-0.39, 0.29) is 30.5 Å². The van der Waals surface area contributed by atoms with Crippen molar-refractivity contribution in [2.45, 2.75) is 19.9 Å². The van der Waals surface area contributed by atoms with Crippen molar-refractivity contribution >= 4 is 11.9 Å². The number of methoxy groups -OCH3 is 1. The molecule has 0 bridgehead atoms. The van der Waals surface area contributed by atoms with Crippen molar-refractivity contribution < 1.29 is 23.5 Å². The first-order valence-electron chi connectivity index (χ1n) is 9.77. The van der Waals surface area contributed by atoms with Crippen molar-refractivity contribution in [1.29, 1.82) is 0 Å². The van der Waals surface area contributed by atoms with Crippen LogP contribution in [0.15, 0.2) is 40.8 Å². The Morgan fingerprint density at radius 3 is 2.63 bits per heavy atom. The summed E-state index contributed by atoms with van der Waals surface area (Å²) >= 11 is 0. The quantitative estimate of drug-likeness (QED) is 0.602. The van der Waals surface area contributed by atoms with Crippen LogP contribution in [0.25, 0.3) is 11.3 Å². The predicted octanol–water partition coefficient (Wildman–Crippen LogP) is 3.06. The molecule has 0 radical (unpaired) electrons. The third kappa shape index (κ3) is 3.56. The summed E-state index contributed by atoms with van der Waals surface area (Å²) in [5.41, 5.74) is 2.80. The molecule has 1 aromatic carbocycles. The molecular formula is C22H23N3O5. The normalized spacial score (nSPS) is 13.1. The van der Waals surface area contributed by atoms with Gasteiger partial charge >= 0.3 is 5.97 Å². The van der Waals surface area contributed by atoms with Crippen LogP contribution in [0.5, 0.6) is 5.75 Å². The van der Waals surface area contributed by atoms with Gasteiger partial charge in [-0.15, -0.1) is 0 Å². The Hall–Kier alpha value is -3.55. The highest BCUT2D eigenvalue weighted by molar-refractivity contribution is 5.93. The van der Waals surface area contributed by atoms with Gasteiger partial charge in [0.05, 0.1) is 20.3 Å². The van der Waals surface area contributed by atoms with E-state index in [1.165, 1.54) is 0 Å². The van der Waals surface area contributed by atoms with Crippen molar-refractivity contribution in [3.8, 4) is 17.1 Å². The van der Waals surface area contributed by atoms with E-state index in [9.17, 15) is 9.59 Å². The van der Waals surface area contributed by atoms with Crippen molar-refractivity contribution in [1.82, 2.24) is 14.7 Å². The van der Waals surface area contributed by atoms with Gasteiger partial charge in [0.15, 0.2) is 11.5 Å². The van der Waals surface area contributed by atoms with E-state index in [0.29, 0.717) is 18.7 Å². The molecule has 156 valence electrons. The standard InChI is InChI=1S/C22H23N3O5/c1-4-29-22(27)20-16-13-25(12-11-17(16)24(2)23-20)21(26)19-10-9-18(30-19)14-5-7-15(28-3)8-6-14/h5-10H,4,11-13H2,1-3H3. The van der Waals surface area contributed by atoms with Crippen LogP contribution in [-0.4, -0.2) is 46.8 Å². The topological polar surface area (TPSA) is 86.8 Å². The first-order valence-corrected chi connectivity index (χ1v) is 9.77. The molecular weight excluding hydrogens is 386 g/mol. The van der Waals surface area contributed by atoms with E-state index in [0.717, 1.165) is 22.6 Å². The second-order valence-electron chi connectivity index (χ2n) is 6.99. The highest BCUT2D eigenvalue weighted by Crippen LogP contribution is 2.27. The molecule has 0 saturated carbocycles. The highest BCUT2D eigenvalue weighted by atomic mass is 16.5. The zero-order valence-electron chi connectivity index (χ0n) is 17.2. The molecule has 3 heterocycles. The van der Waals surface area contributed by atoms with E-state index < -0.39 is 5.97 Å². The predicted molar refractivity (Wildman–Crippen MR) is 108 cm³/mol. The molecule has 1 aliphatic heterocycles. The van der Waals surface area contributed by atoms with Crippen LogP contribution in [0.2, 0.25) is 0 Å². The average molecular weight is 409 g/mol. The fraction of sp³-hybridized carbons (Fsp3) is 0.318. The number of esters is 1. The summed E-state index contributed by atoms with van der Waals surface area (Å²) in [7, 11) is 3.41. The van der Waals surface area contributed by atoms with Crippen LogP contribution < -0.4 is 4.74 Å². The number of hydrogen-bond donors (Lipinski definition) is 0. The number of benzene rings is 1. The van der Waals surface area contributed by atoms with Gasteiger partial charge in [-0.2, -0.15) is 5.10 Å². The molecule has 0 saturated heterocycles. The second kappa shape index (κ2) is 8.06. The summed E-state index contributed by atoms with van der Waals surface area (Å²) in [5.74, 6) is 0.917. The largest absolute Gasteiger partial charge is 0.497 e. The molecule has 1 aliphatic rings. The first-order chi connectivity index (χ1) is 14.5. The first kappa shape index (κ1) is 19.8. The zero-order chi connectivity index (χ0) is 21.3. The van der Waals surface area contributed by atoms with Gasteiger partial charge in [0.2, 0.25) is 0 Å². The number of ether oxygens (including phenoxy) is 2. The third-order valence-electron chi connectivity index (χ3n) is 5.19. The molecule has 0 spiro atoms. The molecule has 0 N–H and O–H groups in total. The molecule has 2 aromatic heterocycles. The monoisotopic (exact) mass is 409 g/mol. The molecule has 0 aliphatic carbocycles. The lowest BCUT2D eigenvalue weighted by Crippen LogP contribution is -2.36. The van der Waals surface area contributed by atoms with Crippen LogP contribution in [0.4, 0.5) is 0 Å². The second-order valence-corrected chi connectivity index (χ2v) is 6.99. The molecule has 3 aromatic rings. The summed E-state index contributed by atoms with van der Waals surface area (Å²) in [6, 6.07) is 10.9. The molecule has 0 unspecified atom stereocenters. The van der Waals surface area contributed by atoms with Crippen molar-refractivity contribution in [2.24, 2.45) is 7.05 Å². The van der Waals surface area contributed by atoms with Crippen molar-refractivity contribution in [3.63, 3.8) is 0 Å². The molecule has 0 fully saturated rings. The Bertz CT molecular complexity index is 1080. The molecule has 8 nitrogen and oxygen atoms in total. The van der Waals surface area contributed by atoms with Gasteiger partial charge in [-0.25, -0.2) is 4.79 Å². The Morgan fingerprint density at radius 2 is 1.93 bits per heavy atom. The number of carbonyl (C=O) groups is 2. The molecule has 30 heavy (non-hydrogen) atoms. The molecule has 4 rings (SSSR count). The third-order valence-corrected chi connectivity index (χ3v) is 5.19. The highest BCUT2D eigenvalue weighted by Gasteiger charge is 2.31. The van der Waals surface area contributed by atoms with Crippen LogP contribution in [0.1, 0.15) is 39.2 Å². The van der Waals surface area contributed by atoms with E-state index in [1.54, 1.807) is 42.8 Å². The van der Waals surface area contributed by atoms with Crippen LogP contribution in [-0.2, 0) is 24.8 Å². The number of rotatable bonds is 5. The summed E-state index contributed by atoms with van der Waals surface area (Å²) < 4.78 is 17.8. The van der Waals surface area contributed by atoms with E-state index in [2.05, 4.69) is 5.10 Å². The van der Waals surface area contributed by atoms with Gasteiger partial charge in [0, 0.05) is 36.8 Å². The summed E-state index contributed by atoms with van der Waals surface area (Å²) in [5, 5.41) is 4.31. The number of nitrogens with zero attached hydrogens (tertiary/aromatic N) is 3. The summed E-state index contributed by atoms with van der Waals surface area (Å²) in [4.78, 5) is 27.0. The van der Waals surface area contributed by atoms with Gasteiger partial charge in [-0.05, 0) is 43.3 Å². The number of aryl methyl sites for hydroxylation is 1. The van der Waals surface area contributed by atoms with Crippen LogP contribution >= 0.6 is 0 Å². The minimum atomic E-state index is -0.469. The van der Waals surface area contributed by atoms with Gasteiger partial charge in [0.1, 0.15) is 11.5 Å². The van der Waals surface area contributed by atoms with Gasteiger partial charge in [-0.1, -0.05) is 0 Å². The number of hydrogen-bond acceptors (Lipinski definition) is 6. The van der Waals surface area contributed by atoms with Crippen molar-refractivity contribution in [2.75, 3.05) is 20.3 Å². The lowest BCUT2D eigenvalue weighted by Gasteiger charge is -2.26. The van der Waals surface area contributed by atoms with Gasteiger partial charge < -0.3 is 18.8 Å². The van der Waals surface area contributed by atoms with E-state index >= 15 is 0 Å². The Balaban J connectivity index is 1.54. The fourth-order valence-electron chi connectivity index (χ4n) is 3.65. The maximum atomic E-state index is 13.0. The number of fused-ring (bicyclic) bond motifs is 1. The van der Waals surface area contributed by atoms with E-state index in [4.69, 9.17) is 13.9 Å². The lowest BCUT2D eigenvalue weighted by molar-refractivity contribution is 0.0512. The average Bonchev–Trinajstić information content (AvgIpc) is 3.38. The lowest BCUT2D eigenvalue weighted by atomic mass is 10.0. The maximum absolute atomic E-state index is 13.0. The Morgan fingerprint density at radius 1 is 1.17 bits per heavy atom. The number of furan rings is 1. The SMILES string of the molecule is CCOC(=O)c1nn(C)c2c1CN(C(=O)c1ccc(-c3ccc(OC)cc3)o1)CC2. The molecule has 8 heteroatoms. The maximum Gasteiger partial charge on any atom is 0.359 e. The molecule has 1 amide bonds. The summed E-state index contributed by atoms with van der Waals surface area (Å²) in [6.07, 6.45) is 0.607. The van der Waals surface area contributed by atoms with Crippen molar-refractivity contribution in [3.05, 3.63) is 59.1 Å². The van der Waals surface area contributed by atoms with Gasteiger partial charge in [-0.3, -0.25) is 9.48 Å². The Kier molecular flexibility index (Phi) is 5.31. The number of aromatic nitrogens is 2.